The van der Waals surface area contributed by atoms with Crippen molar-refractivity contribution in [3.8, 4) is 0 Å². The summed E-state index contributed by atoms with van der Waals surface area (Å²) in [5, 5.41) is 9.10. The topological polar surface area (TPSA) is 57.6 Å². The van der Waals surface area contributed by atoms with Crippen LogP contribution in [0.5, 0.6) is 0 Å². The number of hydrogen-bond acceptors (Lipinski definition) is 2. The molecule has 6 heteroatoms. The summed E-state index contributed by atoms with van der Waals surface area (Å²) in [5.74, 6) is -2.50. The molecule has 0 aromatic heterocycles. The molecule has 1 aliphatic rings. The summed E-state index contributed by atoms with van der Waals surface area (Å²) in [6, 6.07) is 3.45. The van der Waals surface area contributed by atoms with E-state index in [1.165, 1.54) is 17.0 Å². The van der Waals surface area contributed by atoms with Crippen LogP contribution >= 0.6 is 11.6 Å². The molecule has 0 radical (unpaired) electrons. The molecule has 1 aromatic carbocycles. The van der Waals surface area contributed by atoms with Gasteiger partial charge in [0.05, 0.1) is 10.9 Å². The van der Waals surface area contributed by atoms with Gasteiger partial charge in [0.2, 0.25) is 0 Å². The molecule has 0 spiro atoms. The number of piperidine rings is 1. The minimum absolute atomic E-state index is 0.0448. The van der Waals surface area contributed by atoms with Crippen molar-refractivity contribution in [3.05, 3.63) is 34.6 Å². The second-order valence-electron chi connectivity index (χ2n) is 4.95. The van der Waals surface area contributed by atoms with Gasteiger partial charge in [-0.1, -0.05) is 11.6 Å². The summed E-state index contributed by atoms with van der Waals surface area (Å²) < 4.78 is 13.4. The predicted octanol–water partition coefficient (Wildman–Crippen LogP) is 2.80. The predicted molar refractivity (Wildman–Crippen MR) is 72.3 cm³/mol. The Morgan fingerprint density at radius 2 is 2.15 bits per heavy atom. The highest BCUT2D eigenvalue weighted by molar-refractivity contribution is 6.30. The Morgan fingerprint density at radius 3 is 2.75 bits per heavy atom. The van der Waals surface area contributed by atoms with Crippen molar-refractivity contribution < 1.29 is 19.1 Å². The lowest BCUT2D eigenvalue weighted by Gasteiger charge is -2.37. The first kappa shape index (κ1) is 14.8. The summed E-state index contributed by atoms with van der Waals surface area (Å²) in [4.78, 5) is 25.0. The lowest BCUT2D eigenvalue weighted by Crippen LogP contribution is -2.49. The Hall–Kier alpha value is -1.62. The van der Waals surface area contributed by atoms with Crippen LogP contribution < -0.4 is 0 Å². The summed E-state index contributed by atoms with van der Waals surface area (Å²) in [6.45, 7) is 2.19. The van der Waals surface area contributed by atoms with E-state index in [4.69, 9.17) is 16.7 Å². The van der Waals surface area contributed by atoms with Gasteiger partial charge in [-0.2, -0.15) is 0 Å². The largest absolute Gasteiger partial charge is 0.481 e. The van der Waals surface area contributed by atoms with Crippen molar-refractivity contribution in [2.45, 2.75) is 25.8 Å². The maximum atomic E-state index is 13.4. The van der Waals surface area contributed by atoms with Crippen LogP contribution in [0.3, 0.4) is 0 Å². The molecule has 0 bridgehead atoms. The maximum Gasteiger partial charge on any atom is 0.308 e. The average molecular weight is 300 g/mol. The number of rotatable bonds is 2. The van der Waals surface area contributed by atoms with Crippen molar-refractivity contribution in [1.82, 2.24) is 4.90 Å². The second-order valence-corrected chi connectivity index (χ2v) is 5.36. The Labute approximate surface area is 121 Å². The summed E-state index contributed by atoms with van der Waals surface area (Å²) >= 11 is 5.59. The molecule has 0 unspecified atom stereocenters. The zero-order chi connectivity index (χ0) is 14.9. The first-order chi connectivity index (χ1) is 9.41. The summed E-state index contributed by atoms with van der Waals surface area (Å²) in [6.07, 6.45) is 1.18. The quantitative estimate of drug-likeness (QED) is 0.913. The molecule has 1 saturated heterocycles. The number of hydrogen-bond donors (Lipinski definition) is 1. The van der Waals surface area contributed by atoms with Crippen LogP contribution in [0.1, 0.15) is 30.1 Å². The number of carbonyl (C=O) groups is 2. The summed E-state index contributed by atoms with van der Waals surface area (Å²) in [5.41, 5.74) is 0.185. The molecule has 2 rings (SSSR count). The fourth-order valence-corrected chi connectivity index (χ4v) is 2.67. The molecule has 2 atom stereocenters. The van der Waals surface area contributed by atoms with Crippen LogP contribution in [0, 0.1) is 11.7 Å². The average Bonchev–Trinajstić information content (AvgIpc) is 2.41. The molecular formula is C14H15ClFNO3. The normalized spacial score (nSPS) is 22.6. The minimum Gasteiger partial charge on any atom is -0.481 e. The fourth-order valence-electron chi connectivity index (χ4n) is 2.55. The van der Waals surface area contributed by atoms with Crippen LogP contribution in [-0.4, -0.2) is 34.5 Å². The Balaban J connectivity index is 2.23. The third kappa shape index (κ3) is 2.77. The molecule has 1 aromatic rings. The molecular weight excluding hydrogens is 285 g/mol. The number of likely N-dealkylation sites (tertiary alicyclic amines) is 1. The third-order valence-electron chi connectivity index (χ3n) is 3.73. The van der Waals surface area contributed by atoms with Gasteiger partial charge in [-0.05, 0) is 38.0 Å². The Kier molecular flexibility index (Phi) is 4.28. The molecule has 1 N–H and O–H groups in total. The van der Waals surface area contributed by atoms with Crippen LogP contribution in [-0.2, 0) is 4.79 Å². The molecule has 108 valence electrons. The highest BCUT2D eigenvalue weighted by Crippen LogP contribution is 2.26. The number of aliphatic carboxylic acids is 1. The van der Waals surface area contributed by atoms with Crippen LogP contribution in [0.25, 0.3) is 0 Å². The molecule has 20 heavy (non-hydrogen) atoms. The molecule has 0 saturated carbocycles. The van der Waals surface area contributed by atoms with Crippen LogP contribution in [0.15, 0.2) is 18.2 Å². The number of nitrogens with zero attached hydrogens (tertiary/aromatic N) is 1. The highest BCUT2D eigenvalue weighted by Gasteiger charge is 2.35. The van der Waals surface area contributed by atoms with Crippen LogP contribution in [0.4, 0.5) is 4.39 Å². The zero-order valence-electron chi connectivity index (χ0n) is 11.0. The monoisotopic (exact) mass is 299 g/mol. The molecule has 1 fully saturated rings. The van der Waals surface area contributed by atoms with Gasteiger partial charge < -0.3 is 10.0 Å². The first-order valence-electron chi connectivity index (χ1n) is 6.40. The van der Waals surface area contributed by atoms with Crippen molar-refractivity contribution in [3.63, 3.8) is 0 Å². The van der Waals surface area contributed by atoms with E-state index < -0.39 is 23.7 Å². The minimum atomic E-state index is -0.905. The second kappa shape index (κ2) is 5.79. The number of benzene rings is 1. The smallest absolute Gasteiger partial charge is 0.308 e. The first-order valence-corrected chi connectivity index (χ1v) is 6.78. The number of carboxylic acid groups (broad SMARTS) is 1. The van der Waals surface area contributed by atoms with Gasteiger partial charge in [0.1, 0.15) is 5.82 Å². The van der Waals surface area contributed by atoms with E-state index in [0.29, 0.717) is 19.4 Å². The van der Waals surface area contributed by atoms with Gasteiger partial charge in [0.15, 0.2) is 0 Å². The van der Waals surface area contributed by atoms with Gasteiger partial charge in [-0.3, -0.25) is 9.59 Å². The molecule has 0 aliphatic carbocycles. The number of amides is 1. The van der Waals surface area contributed by atoms with E-state index >= 15 is 0 Å². The van der Waals surface area contributed by atoms with Gasteiger partial charge in [-0.25, -0.2) is 4.39 Å². The maximum absolute atomic E-state index is 13.4. The Morgan fingerprint density at radius 1 is 1.45 bits per heavy atom. The standard InChI is InChI=1S/C14H15ClFNO3/c1-8-10(14(19)20)3-2-6-17(8)13(18)9-4-5-11(15)12(16)7-9/h4-5,7-8,10H,2-3,6H2,1H3,(H,19,20)/t8-,10-/m1/s1. The Bertz CT molecular complexity index is 549. The molecule has 1 amide bonds. The van der Waals surface area contributed by atoms with E-state index in [9.17, 15) is 14.0 Å². The van der Waals surface area contributed by atoms with E-state index in [-0.39, 0.29) is 16.5 Å². The highest BCUT2D eigenvalue weighted by atomic mass is 35.5. The lowest BCUT2D eigenvalue weighted by molar-refractivity contribution is -0.144. The third-order valence-corrected chi connectivity index (χ3v) is 4.04. The number of carboxylic acids is 1. The fraction of sp³-hybridized carbons (Fsp3) is 0.429. The van der Waals surface area contributed by atoms with E-state index in [0.717, 1.165) is 6.07 Å². The van der Waals surface area contributed by atoms with E-state index in [1.54, 1.807) is 6.92 Å². The SMILES string of the molecule is C[C@@H]1[C@H](C(=O)O)CCCN1C(=O)c1ccc(Cl)c(F)c1. The van der Waals surface area contributed by atoms with Crippen molar-refractivity contribution in [2.24, 2.45) is 5.92 Å². The van der Waals surface area contributed by atoms with Gasteiger partial charge >= 0.3 is 5.97 Å². The van der Waals surface area contributed by atoms with Gasteiger partial charge in [0.25, 0.3) is 5.91 Å². The van der Waals surface area contributed by atoms with Crippen molar-refractivity contribution >= 4 is 23.5 Å². The molecule has 1 aliphatic heterocycles. The van der Waals surface area contributed by atoms with Gasteiger partial charge in [-0.15, -0.1) is 0 Å². The number of halogens is 2. The van der Waals surface area contributed by atoms with E-state index in [1.807, 2.05) is 0 Å². The van der Waals surface area contributed by atoms with Crippen molar-refractivity contribution in [1.29, 1.82) is 0 Å². The lowest BCUT2D eigenvalue weighted by atomic mass is 9.90. The zero-order valence-corrected chi connectivity index (χ0v) is 11.7. The van der Waals surface area contributed by atoms with Crippen LogP contribution in [0.2, 0.25) is 5.02 Å². The molecule has 4 nitrogen and oxygen atoms in total. The van der Waals surface area contributed by atoms with Crippen molar-refractivity contribution in [2.75, 3.05) is 6.54 Å². The summed E-state index contributed by atoms with van der Waals surface area (Å²) in [7, 11) is 0. The number of carbonyl (C=O) groups excluding carboxylic acids is 1. The van der Waals surface area contributed by atoms with Gasteiger partial charge in [0, 0.05) is 18.2 Å². The molecule has 1 heterocycles. The van der Waals surface area contributed by atoms with E-state index in [2.05, 4.69) is 0 Å².